The van der Waals surface area contributed by atoms with Crippen LogP contribution in [0.15, 0.2) is 109 Å². The maximum Gasteiger partial charge on any atom is 0.131 e. The third kappa shape index (κ3) is 3.88. The predicted octanol–water partition coefficient (Wildman–Crippen LogP) is 8.91. The summed E-state index contributed by atoms with van der Waals surface area (Å²) in [6.07, 6.45) is 0. The highest BCUT2D eigenvalue weighted by molar-refractivity contribution is 5.95. The fourth-order valence-electron chi connectivity index (χ4n) is 3.96. The van der Waals surface area contributed by atoms with Crippen molar-refractivity contribution in [2.45, 2.75) is 0 Å². The summed E-state index contributed by atoms with van der Waals surface area (Å²) in [6.45, 7) is 0. The minimum absolute atomic E-state index is 0.0491. The van der Waals surface area contributed by atoms with Crippen LogP contribution < -0.4 is 0 Å². The summed E-state index contributed by atoms with van der Waals surface area (Å²) < 4.78 is 78.8. The first kappa shape index (κ1) is 19.3. The van der Waals surface area contributed by atoms with Crippen molar-refractivity contribution >= 4 is 0 Å². The van der Waals surface area contributed by atoms with Gasteiger partial charge in [0.2, 0.25) is 0 Å². The Kier molecular flexibility index (Phi) is 5.10. The summed E-state index contributed by atoms with van der Waals surface area (Å²) in [6, 6.07) is 21.8. The van der Waals surface area contributed by atoms with Gasteiger partial charge in [0.05, 0.1) is 2.74 Å². The molecule has 5 rings (SSSR count). The predicted molar refractivity (Wildman–Crippen MR) is 128 cm³/mol. The number of benzene rings is 5. The van der Waals surface area contributed by atoms with E-state index in [1.54, 1.807) is 24.3 Å². The smallest absolute Gasteiger partial charge is 0.131 e. The maximum atomic E-state index is 15.1. The molecule has 4 heteroatoms. The molecular formula is C30H18F4. The molecule has 0 fully saturated rings. The molecule has 0 bridgehead atoms. The highest BCUT2D eigenvalue weighted by atomic mass is 19.1. The minimum Gasteiger partial charge on any atom is -0.206 e. The standard InChI is InChI=1S/C30H18F4/c31-27-13-5-1-9-19(27)23-17-25(21-11-3-7-15-29(21)33)26(22-12-4-8-16-30(22)34)18-24(23)20-10-2-6-14-28(20)32/h1-18H/i17D,18D. The molecule has 0 heterocycles. The van der Waals surface area contributed by atoms with Gasteiger partial charge in [0, 0.05) is 22.3 Å². The zero-order valence-electron chi connectivity index (χ0n) is 19.7. The van der Waals surface area contributed by atoms with Crippen molar-refractivity contribution in [3.05, 3.63) is 132 Å². The van der Waals surface area contributed by atoms with Gasteiger partial charge in [-0.25, -0.2) is 17.6 Å². The van der Waals surface area contributed by atoms with Crippen molar-refractivity contribution in [3.63, 3.8) is 0 Å². The Balaban J connectivity index is 2.05. The van der Waals surface area contributed by atoms with E-state index in [9.17, 15) is 2.74 Å². The molecule has 0 aliphatic rings. The molecule has 0 spiro atoms. The average molecular weight is 456 g/mol. The molecule has 0 unspecified atom stereocenters. The van der Waals surface area contributed by atoms with Gasteiger partial charge < -0.3 is 0 Å². The zero-order valence-corrected chi connectivity index (χ0v) is 17.7. The lowest BCUT2D eigenvalue weighted by molar-refractivity contribution is 0.628. The molecule has 0 radical (unpaired) electrons. The third-order valence-corrected chi connectivity index (χ3v) is 5.57. The SMILES string of the molecule is [2H]c1c(-c2ccccc2F)c(-c2ccccc2F)c([2H])c(-c2ccccc2F)c1-c1ccccc1F. The van der Waals surface area contributed by atoms with E-state index in [0.717, 1.165) is 0 Å². The number of halogens is 4. The summed E-state index contributed by atoms with van der Waals surface area (Å²) in [5.74, 6) is -2.77. The van der Waals surface area contributed by atoms with Crippen molar-refractivity contribution in [1.29, 1.82) is 0 Å². The monoisotopic (exact) mass is 456 g/mol. The molecule has 34 heavy (non-hydrogen) atoms. The number of hydrogen-bond acceptors (Lipinski definition) is 0. The molecule has 0 aliphatic heterocycles. The van der Waals surface area contributed by atoms with Gasteiger partial charge >= 0.3 is 0 Å². The molecule has 0 saturated carbocycles. The van der Waals surface area contributed by atoms with E-state index in [4.69, 9.17) is 0 Å². The van der Waals surface area contributed by atoms with Gasteiger partial charge in [-0.1, -0.05) is 72.8 Å². The van der Waals surface area contributed by atoms with Crippen molar-refractivity contribution < 1.29 is 20.3 Å². The second-order valence-corrected chi connectivity index (χ2v) is 7.67. The van der Waals surface area contributed by atoms with Gasteiger partial charge in [0.15, 0.2) is 0 Å². The molecule has 0 aliphatic carbocycles. The van der Waals surface area contributed by atoms with Gasteiger partial charge in [-0.15, -0.1) is 0 Å². The average Bonchev–Trinajstić information content (AvgIpc) is 2.87. The van der Waals surface area contributed by atoms with Crippen molar-refractivity contribution in [2.75, 3.05) is 0 Å². The second kappa shape index (κ2) is 8.99. The Morgan fingerprint density at radius 2 is 0.529 bits per heavy atom. The van der Waals surface area contributed by atoms with E-state index in [2.05, 4.69) is 0 Å². The van der Waals surface area contributed by atoms with Crippen LogP contribution in [0.1, 0.15) is 2.74 Å². The minimum atomic E-state index is -0.693. The molecule has 0 N–H and O–H groups in total. The Morgan fingerprint density at radius 1 is 0.324 bits per heavy atom. The van der Waals surface area contributed by atoms with Gasteiger partial charge in [-0.05, 0) is 58.6 Å². The van der Waals surface area contributed by atoms with Crippen molar-refractivity contribution in [1.82, 2.24) is 0 Å². The van der Waals surface area contributed by atoms with E-state index in [-0.39, 0.29) is 56.6 Å². The lowest BCUT2D eigenvalue weighted by Crippen LogP contribution is -1.97. The first-order chi connectivity index (χ1) is 17.4. The molecule has 5 aromatic carbocycles. The number of rotatable bonds is 4. The topological polar surface area (TPSA) is 0 Å². The van der Waals surface area contributed by atoms with Crippen molar-refractivity contribution in [2.24, 2.45) is 0 Å². The lowest BCUT2D eigenvalue weighted by Gasteiger charge is -2.19. The summed E-state index contributed by atoms with van der Waals surface area (Å²) >= 11 is 0. The van der Waals surface area contributed by atoms with E-state index in [1.165, 1.54) is 72.8 Å². The van der Waals surface area contributed by atoms with Gasteiger partial charge in [0.25, 0.3) is 0 Å². The van der Waals surface area contributed by atoms with Gasteiger partial charge in [-0.2, -0.15) is 0 Å². The molecule has 5 aromatic rings. The summed E-state index contributed by atoms with van der Waals surface area (Å²) in [5, 5.41) is 0. The van der Waals surface area contributed by atoms with Crippen LogP contribution in [0.3, 0.4) is 0 Å². The Hall–Kier alpha value is -4.18. The molecule has 0 aromatic heterocycles. The van der Waals surface area contributed by atoms with E-state index < -0.39 is 23.3 Å². The Bertz CT molecular complexity index is 1380. The molecule has 0 saturated heterocycles. The van der Waals surface area contributed by atoms with E-state index in [0.29, 0.717) is 0 Å². The van der Waals surface area contributed by atoms with Crippen LogP contribution in [-0.4, -0.2) is 0 Å². The normalized spacial score (nSPS) is 11.8. The first-order valence-electron chi connectivity index (χ1n) is 11.6. The molecule has 0 atom stereocenters. The first-order valence-corrected chi connectivity index (χ1v) is 10.6. The van der Waals surface area contributed by atoms with Crippen LogP contribution in [0.25, 0.3) is 44.5 Å². The molecule has 0 nitrogen and oxygen atoms in total. The quantitative estimate of drug-likeness (QED) is 0.237. The van der Waals surface area contributed by atoms with E-state index >= 15 is 17.6 Å². The lowest BCUT2D eigenvalue weighted by atomic mass is 9.85. The van der Waals surface area contributed by atoms with Crippen LogP contribution in [-0.2, 0) is 0 Å². The van der Waals surface area contributed by atoms with Crippen LogP contribution in [0, 0.1) is 23.3 Å². The molecular weight excluding hydrogens is 436 g/mol. The van der Waals surface area contributed by atoms with Gasteiger partial charge in [-0.3, -0.25) is 0 Å². The van der Waals surface area contributed by atoms with Crippen LogP contribution in [0.4, 0.5) is 17.6 Å². The maximum absolute atomic E-state index is 15.1. The number of hydrogen-bond donors (Lipinski definition) is 0. The largest absolute Gasteiger partial charge is 0.206 e. The Labute approximate surface area is 197 Å². The molecule has 0 amide bonds. The van der Waals surface area contributed by atoms with Gasteiger partial charge in [0.1, 0.15) is 23.3 Å². The Morgan fingerprint density at radius 3 is 0.735 bits per heavy atom. The highest BCUT2D eigenvalue weighted by Gasteiger charge is 2.21. The fourth-order valence-corrected chi connectivity index (χ4v) is 3.96. The zero-order chi connectivity index (χ0) is 25.4. The van der Waals surface area contributed by atoms with Crippen LogP contribution >= 0.6 is 0 Å². The van der Waals surface area contributed by atoms with Crippen LogP contribution in [0.2, 0.25) is 0 Å². The summed E-state index contributed by atoms with van der Waals surface area (Å²) in [5.41, 5.74) is -0.524. The van der Waals surface area contributed by atoms with E-state index in [1.807, 2.05) is 0 Å². The fraction of sp³-hybridized carbons (Fsp3) is 0. The highest BCUT2D eigenvalue weighted by Crippen LogP contribution is 2.44. The van der Waals surface area contributed by atoms with Crippen LogP contribution in [0.5, 0.6) is 0 Å². The third-order valence-electron chi connectivity index (χ3n) is 5.57. The summed E-state index contributed by atoms with van der Waals surface area (Å²) in [7, 11) is 0. The molecule has 166 valence electrons. The summed E-state index contributed by atoms with van der Waals surface area (Å²) in [4.78, 5) is 0. The van der Waals surface area contributed by atoms with Crippen molar-refractivity contribution in [3.8, 4) is 44.5 Å². The second-order valence-electron chi connectivity index (χ2n) is 7.67.